The fourth-order valence-electron chi connectivity index (χ4n) is 2.27. The molecule has 1 amide bonds. The molecule has 1 aromatic rings. The Morgan fingerprint density at radius 2 is 2.16 bits per heavy atom. The number of anilines is 1. The van der Waals surface area contributed by atoms with E-state index in [9.17, 15) is 9.59 Å². The number of aliphatic carboxylic acids is 1. The van der Waals surface area contributed by atoms with Crippen molar-refractivity contribution < 1.29 is 14.7 Å². The van der Waals surface area contributed by atoms with E-state index in [1.54, 1.807) is 24.3 Å². The van der Waals surface area contributed by atoms with E-state index in [0.29, 0.717) is 17.8 Å². The first-order chi connectivity index (χ1) is 9.16. The summed E-state index contributed by atoms with van der Waals surface area (Å²) >= 11 is 0. The summed E-state index contributed by atoms with van der Waals surface area (Å²) in [5.41, 5.74) is 1.23. The van der Waals surface area contributed by atoms with Gasteiger partial charge in [0.05, 0.1) is 12.3 Å². The van der Waals surface area contributed by atoms with Gasteiger partial charge in [0.1, 0.15) is 0 Å². The summed E-state index contributed by atoms with van der Waals surface area (Å²) < 4.78 is 0. The number of benzene rings is 1. The van der Waals surface area contributed by atoms with Crippen molar-refractivity contribution in [1.82, 2.24) is 5.32 Å². The van der Waals surface area contributed by atoms with Gasteiger partial charge in [-0.2, -0.15) is 0 Å². The van der Waals surface area contributed by atoms with Crippen molar-refractivity contribution in [1.29, 1.82) is 0 Å². The number of rotatable bonds is 4. The van der Waals surface area contributed by atoms with E-state index in [4.69, 9.17) is 5.11 Å². The van der Waals surface area contributed by atoms with Gasteiger partial charge in [-0.05, 0) is 31.0 Å². The molecule has 1 aliphatic heterocycles. The number of amides is 1. The molecule has 5 heteroatoms. The number of nitrogens with one attached hydrogen (secondary N) is 2. The second-order valence-corrected chi connectivity index (χ2v) is 4.76. The van der Waals surface area contributed by atoms with Crippen molar-refractivity contribution in [2.45, 2.75) is 19.3 Å². The lowest BCUT2D eigenvalue weighted by Crippen LogP contribution is -2.37. The second-order valence-electron chi connectivity index (χ2n) is 4.76. The van der Waals surface area contributed by atoms with Crippen molar-refractivity contribution in [2.24, 2.45) is 5.92 Å². The minimum absolute atomic E-state index is 0.0355. The first-order valence-electron chi connectivity index (χ1n) is 6.48. The van der Waals surface area contributed by atoms with Gasteiger partial charge < -0.3 is 15.7 Å². The van der Waals surface area contributed by atoms with Gasteiger partial charge in [-0.25, -0.2) is 0 Å². The number of carboxylic acids is 1. The normalized spacial score (nSPS) is 18.8. The van der Waals surface area contributed by atoms with Crippen molar-refractivity contribution >= 4 is 17.6 Å². The standard InChI is InChI=1S/C14H18N2O3/c17-13(18)8-10-4-1-2-6-12(10)16-14(19)11-5-3-7-15-9-11/h1-2,4,6,11,15H,3,5,7-9H2,(H,16,19)(H,17,18)/t11-/m0/s1. The van der Waals surface area contributed by atoms with Gasteiger partial charge in [0, 0.05) is 12.2 Å². The molecule has 0 radical (unpaired) electrons. The van der Waals surface area contributed by atoms with Gasteiger partial charge in [0.2, 0.25) is 5.91 Å². The molecule has 2 rings (SSSR count). The number of carbonyl (C=O) groups excluding carboxylic acids is 1. The van der Waals surface area contributed by atoms with Crippen LogP contribution in [0.25, 0.3) is 0 Å². The monoisotopic (exact) mass is 262 g/mol. The van der Waals surface area contributed by atoms with Crippen LogP contribution in [0, 0.1) is 5.92 Å². The summed E-state index contributed by atoms with van der Waals surface area (Å²) in [7, 11) is 0. The van der Waals surface area contributed by atoms with Crippen LogP contribution in [0.15, 0.2) is 24.3 Å². The Morgan fingerprint density at radius 3 is 2.84 bits per heavy atom. The number of carbonyl (C=O) groups is 2. The quantitative estimate of drug-likeness (QED) is 0.763. The SMILES string of the molecule is O=C(O)Cc1ccccc1NC(=O)[C@H]1CCCNC1. The Bertz CT molecular complexity index is 468. The highest BCUT2D eigenvalue weighted by molar-refractivity contribution is 5.94. The van der Waals surface area contributed by atoms with Crippen LogP contribution in [0.2, 0.25) is 0 Å². The number of hydrogen-bond acceptors (Lipinski definition) is 3. The molecule has 0 bridgehead atoms. The van der Waals surface area contributed by atoms with E-state index in [0.717, 1.165) is 19.4 Å². The molecule has 102 valence electrons. The smallest absolute Gasteiger partial charge is 0.307 e. The fourth-order valence-corrected chi connectivity index (χ4v) is 2.27. The molecule has 0 aliphatic carbocycles. The lowest BCUT2D eigenvalue weighted by atomic mass is 9.98. The zero-order valence-corrected chi connectivity index (χ0v) is 10.7. The number of para-hydroxylation sites is 1. The van der Waals surface area contributed by atoms with Crippen molar-refractivity contribution in [2.75, 3.05) is 18.4 Å². The van der Waals surface area contributed by atoms with Gasteiger partial charge in [0.25, 0.3) is 0 Å². The summed E-state index contributed by atoms with van der Waals surface area (Å²) in [6, 6.07) is 7.03. The topological polar surface area (TPSA) is 78.4 Å². The molecule has 5 nitrogen and oxygen atoms in total. The fraction of sp³-hybridized carbons (Fsp3) is 0.429. The molecule has 1 aromatic carbocycles. The maximum Gasteiger partial charge on any atom is 0.307 e. The summed E-state index contributed by atoms with van der Waals surface area (Å²) in [5.74, 6) is -0.974. The molecule has 0 unspecified atom stereocenters. The first kappa shape index (κ1) is 13.5. The summed E-state index contributed by atoms with van der Waals surface area (Å²) in [4.78, 5) is 22.9. The molecule has 0 saturated carbocycles. The molecule has 1 fully saturated rings. The molecule has 1 atom stereocenters. The van der Waals surface area contributed by atoms with E-state index in [2.05, 4.69) is 10.6 Å². The summed E-state index contributed by atoms with van der Waals surface area (Å²) in [6.07, 6.45) is 1.79. The van der Waals surface area contributed by atoms with E-state index < -0.39 is 5.97 Å². The van der Waals surface area contributed by atoms with Crippen molar-refractivity contribution in [3.05, 3.63) is 29.8 Å². The second kappa shape index (κ2) is 6.33. The van der Waals surface area contributed by atoms with Crippen LogP contribution in [-0.4, -0.2) is 30.1 Å². The Kier molecular flexibility index (Phi) is 4.52. The largest absolute Gasteiger partial charge is 0.481 e. The van der Waals surface area contributed by atoms with Gasteiger partial charge in [-0.1, -0.05) is 18.2 Å². The third-order valence-electron chi connectivity index (χ3n) is 3.28. The zero-order chi connectivity index (χ0) is 13.7. The molecule has 1 aliphatic rings. The van der Waals surface area contributed by atoms with Crippen LogP contribution in [-0.2, 0) is 16.0 Å². The van der Waals surface area contributed by atoms with Crippen LogP contribution in [0.3, 0.4) is 0 Å². The van der Waals surface area contributed by atoms with E-state index in [-0.39, 0.29) is 18.2 Å². The molecule has 3 N–H and O–H groups in total. The van der Waals surface area contributed by atoms with Crippen LogP contribution < -0.4 is 10.6 Å². The van der Waals surface area contributed by atoms with E-state index in [1.807, 2.05) is 0 Å². The third-order valence-corrected chi connectivity index (χ3v) is 3.28. The van der Waals surface area contributed by atoms with Crippen LogP contribution in [0.5, 0.6) is 0 Å². The lowest BCUT2D eigenvalue weighted by Gasteiger charge is -2.22. The molecule has 19 heavy (non-hydrogen) atoms. The molecule has 0 spiro atoms. The maximum atomic E-state index is 12.1. The lowest BCUT2D eigenvalue weighted by molar-refractivity contribution is -0.136. The Hall–Kier alpha value is -1.88. The van der Waals surface area contributed by atoms with Gasteiger partial charge in [0.15, 0.2) is 0 Å². The number of piperidine rings is 1. The third kappa shape index (κ3) is 3.79. The highest BCUT2D eigenvalue weighted by atomic mass is 16.4. The average Bonchev–Trinajstić information content (AvgIpc) is 2.41. The molecule has 0 aromatic heterocycles. The highest BCUT2D eigenvalue weighted by Gasteiger charge is 2.21. The molecular weight excluding hydrogens is 244 g/mol. The summed E-state index contributed by atoms with van der Waals surface area (Å²) in [6.45, 7) is 1.65. The number of carboxylic acid groups (broad SMARTS) is 1. The Labute approximate surface area is 112 Å². The molecular formula is C14H18N2O3. The predicted molar refractivity (Wildman–Crippen MR) is 72.0 cm³/mol. The average molecular weight is 262 g/mol. The Morgan fingerprint density at radius 1 is 1.37 bits per heavy atom. The minimum atomic E-state index is -0.902. The predicted octanol–water partition coefficient (Wildman–Crippen LogP) is 1.25. The zero-order valence-electron chi connectivity index (χ0n) is 10.7. The van der Waals surface area contributed by atoms with E-state index >= 15 is 0 Å². The number of hydrogen-bond donors (Lipinski definition) is 3. The van der Waals surface area contributed by atoms with Crippen LogP contribution in [0.4, 0.5) is 5.69 Å². The van der Waals surface area contributed by atoms with Gasteiger partial charge in [-0.3, -0.25) is 9.59 Å². The van der Waals surface area contributed by atoms with Crippen molar-refractivity contribution in [3.8, 4) is 0 Å². The van der Waals surface area contributed by atoms with Gasteiger partial charge in [-0.15, -0.1) is 0 Å². The molecule has 1 heterocycles. The maximum absolute atomic E-state index is 12.1. The Balaban J connectivity index is 2.05. The van der Waals surface area contributed by atoms with Gasteiger partial charge >= 0.3 is 5.97 Å². The minimum Gasteiger partial charge on any atom is -0.481 e. The van der Waals surface area contributed by atoms with Crippen LogP contribution >= 0.6 is 0 Å². The first-order valence-corrected chi connectivity index (χ1v) is 6.48. The molecule has 1 saturated heterocycles. The highest BCUT2D eigenvalue weighted by Crippen LogP contribution is 2.18. The van der Waals surface area contributed by atoms with Crippen LogP contribution in [0.1, 0.15) is 18.4 Å². The van der Waals surface area contributed by atoms with Crippen molar-refractivity contribution in [3.63, 3.8) is 0 Å². The van der Waals surface area contributed by atoms with E-state index in [1.165, 1.54) is 0 Å². The summed E-state index contributed by atoms with van der Waals surface area (Å²) in [5, 5.41) is 14.9.